The second-order valence-corrected chi connectivity index (χ2v) is 3.17. The van der Waals surface area contributed by atoms with E-state index < -0.39 is 0 Å². The van der Waals surface area contributed by atoms with Crippen molar-refractivity contribution in [2.45, 2.75) is 26.7 Å². The molecule has 0 radical (unpaired) electrons. The summed E-state index contributed by atoms with van der Waals surface area (Å²) in [6.07, 6.45) is 3.31. The van der Waals surface area contributed by atoms with E-state index in [4.69, 9.17) is 9.47 Å². The van der Waals surface area contributed by atoms with Gasteiger partial charge in [-0.2, -0.15) is 0 Å². The molecule has 1 saturated heterocycles. The second-order valence-electron chi connectivity index (χ2n) is 3.17. The van der Waals surface area contributed by atoms with Crippen LogP contribution in [0.25, 0.3) is 0 Å². The summed E-state index contributed by atoms with van der Waals surface area (Å²) < 4.78 is 9.78. The standard InChI is InChI=1S/C4H8O.C4H10O.C3H7NO/c1-2-4-5-3-1;1-3-5-4-2;1-4(2)3-5/h1-4H2;3-4H2,1-2H3;3H,1-2H3. The fraction of sp³-hybridized carbons (Fsp3) is 0.909. The molecule has 1 rings (SSSR count). The molecule has 1 aliphatic rings. The van der Waals surface area contributed by atoms with Gasteiger partial charge in [-0.3, -0.25) is 4.79 Å². The van der Waals surface area contributed by atoms with Crippen molar-refractivity contribution in [1.29, 1.82) is 0 Å². The monoisotopic (exact) mass is 219 g/mol. The minimum absolute atomic E-state index is 0.750. The van der Waals surface area contributed by atoms with E-state index in [1.54, 1.807) is 14.1 Å². The largest absolute Gasteiger partial charge is 0.382 e. The minimum atomic E-state index is 0.750. The zero-order valence-corrected chi connectivity index (χ0v) is 10.5. The molecule has 0 unspecified atom stereocenters. The van der Waals surface area contributed by atoms with Crippen LogP contribution in [0.3, 0.4) is 0 Å². The number of hydrogen-bond donors (Lipinski definition) is 0. The summed E-state index contributed by atoms with van der Waals surface area (Å²) >= 11 is 0. The summed E-state index contributed by atoms with van der Waals surface area (Å²) in [5.41, 5.74) is 0. The first-order valence-corrected chi connectivity index (χ1v) is 5.46. The molecule has 1 amide bonds. The van der Waals surface area contributed by atoms with Crippen molar-refractivity contribution in [3.63, 3.8) is 0 Å². The zero-order chi connectivity index (χ0) is 11.9. The Morgan fingerprint density at radius 2 is 1.60 bits per heavy atom. The maximum absolute atomic E-state index is 9.43. The lowest BCUT2D eigenvalue weighted by Crippen LogP contribution is -2.06. The Morgan fingerprint density at radius 1 is 1.20 bits per heavy atom. The first-order chi connectivity index (χ1) is 7.18. The molecule has 4 heteroatoms. The summed E-state index contributed by atoms with van der Waals surface area (Å²) in [7, 11) is 3.38. The highest BCUT2D eigenvalue weighted by molar-refractivity contribution is 5.45. The predicted octanol–water partition coefficient (Wildman–Crippen LogP) is 1.54. The normalized spacial score (nSPS) is 13.1. The summed E-state index contributed by atoms with van der Waals surface area (Å²) in [4.78, 5) is 10.9. The van der Waals surface area contributed by atoms with Crippen LogP contribution in [0.15, 0.2) is 0 Å². The molecule has 1 heterocycles. The first-order valence-electron chi connectivity index (χ1n) is 5.46. The average Bonchev–Trinajstić information content (AvgIpc) is 2.78. The van der Waals surface area contributed by atoms with Gasteiger partial charge in [0, 0.05) is 40.5 Å². The lowest BCUT2D eigenvalue weighted by Gasteiger charge is -1.93. The van der Waals surface area contributed by atoms with Crippen molar-refractivity contribution in [2.24, 2.45) is 0 Å². The highest BCUT2D eigenvalue weighted by Gasteiger charge is 1.94. The number of carbonyl (C=O) groups is 1. The van der Waals surface area contributed by atoms with Crippen LogP contribution in [0, 0.1) is 0 Å². The number of rotatable bonds is 3. The number of amides is 1. The summed E-state index contributed by atoms with van der Waals surface area (Å²) in [5.74, 6) is 0. The Kier molecular flexibility index (Phi) is 17.8. The van der Waals surface area contributed by atoms with Gasteiger partial charge in [0.15, 0.2) is 0 Å². The van der Waals surface area contributed by atoms with Crippen molar-refractivity contribution in [1.82, 2.24) is 4.90 Å². The van der Waals surface area contributed by atoms with Crippen LogP contribution < -0.4 is 0 Å². The van der Waals surface area contributed by atoms with E-state index in [1.807, 2.05) is 13.8 Å². The van der Waals surface area contributed by atoms with Gasteiger partial charge in [-0.05, 0) is 26.7 Å². The molecule has 0 aromatic rings. The Bertz CT molecular complexity index is 105. The molecule has 92 valence electrons. The Balaban J connectivity index is 0. The van der Waals surface area contributed by atoms with E-state index in [2.05, 4.69) is 0 Å². The van der Waals surface area contributed by atoms with Gasteiger partial charge in [0.1, 0.15) is 0 Å². The zero-order valence-electron chi connectivity index (χ0n) is 10.5. The molecule has 0 bridgehead atoms. The SMILES string of the molecule is C1CCOC1.CCOCC.CN(C)C=O. The average molecular weight is 219 g/mol. The number of carbonyl (C=O) groups excluding carboxylic acids is 1. The van der Waals surface area contributed by atoms with Gasteiger partial charge in [-0.15, -0.1) is 0 Å². The molecule has 4 nitrogen and oxygen atoms in total. The van der Waals surface area contributed by atoms with Crippen LogP contribution in [0.5, 0.6) is 0 Å². The van der Waals surface area contributed by atoms with E-state index in [9.17, 15) is 4.79 Å². The molecule has 15 heavy (non-hydrogen) atoms. The maximum Gasteiger partial charge on any atom is 0.209 e. The van der Waals surface area contributed by atoms with Crippen molar-refractivity contribution >= 4 is 6.41 Å². The second kappa shape index (κ2) is 15.8. The van der Waals surface area contributed by atoms with Gasteiger partial charge >= 0.3 is 0 Å². The van der Waals surface area contributed by atoms with Crippen molar-refractivity contribution < 1.29 is 14.3 Å². The fourth-order valence-corrected chi connectivity index (χ4v) is 0.714. The van der Waals surface area contributed by atoms with Gasteiger partial charge in [-0.1, -0.05) is 0 Å². The van der Waals surface area contributed by atoms with E-state index in [1.165, 1.54) is 17.7 Å². The minimum Gasteiger partial charge on any atom is -0.382 e. The number of nitrogens with zero attached hydrogens (tertiary/aromatic N) is 1. The maximum atomic E-state index is 9.43. The Labute approximate surface area is 93.5 Å². The molecule has 0 aliphatic carbocycles. The van der Waals surface area contributed by atoms with Gasteiger partial charge in [0.25, 0.3) is 0 Å². The summed E-state index contributed by atoms with van der Waals surface area (Å²) in [5, 5.41) is 0. The third-order valence-corrected chi connectivity index (χ3v) is 1.45. The van der Waals surface area contributed by atoms with E-state index in [0.29, 0.717) is 0 Å². The van der Waals surface area contributed by atoms with Crippen molar-refractivity contribution in [2.75, 3.05) is 40.5 Å². The van der Waals surface area contributed by atoms with E-state index >= 15 is 0 Å². The Hall–Kier alpha value is -0.610. The summed E-state index contributed by atoms with van der Waals surface area (Å²) in [6.45, 7) is 7.67. The number of ether oxygens (including phenoxy) is 2. The molecule has 0 atom stereocenters. The van der Waals surface area contributed by atoms with Crippen LogP contribution >= 0.6 is 0 Å². The van der Waals surface area contributed by atoms with Crippen LogP contribution in [0.2, 0.25) is 0 Å². The first kappa shape index (κ1) is 16.8. The molecule has 0 aromatic carbocycles. The molecule has 0 N–H and O–H groups in total. The van der Waals surface area contributed by atoms with Gasteiger partial charge in [0.05, 0.1) is 0 Å². The van der Waals surface area contributed by atoms with Crippen LogP contribution in [-0.2, 0) is 14.3 Å². The topological polar surface area (TPSA) is 38.8 Å². The molecule has 0 aromatic heterocycles. The molecule has 0 spiro atoms. The van der Waals surface area contributed by atoms with Gasteiger partial charge in [0.2, 0.25) is 6.41 Å². The van der Waals surface area contributed by atoms with Crippen LogP contribution in [0.4, 0.5) is 0 Å². The molecule has 1 aliphatic heterocycles. The fourth-order valence-electron chi connectivity index (χ4n) is 0.714. The lowest BCUT2D eigenvalue weighted by molar-refractivity contribution is -0.115. The highest BCUT2D eigenvalue weighted by Crippen LogP contribution is 1.98. The van der Waals surface area contributed by atoms with Crippen molar-refractivity contribution in [3.05, 3.63) is 0 Å². The van der Waals surface area contributed by atoms with Gasteiger partial charge in [-0.25, -0.2) is 0 Å². The molecule has 0 saturated carbocycles. The highest BCUT2D eigenvalue weighted by atomic mass is 16.5. The quantitative estimate of drug-likeness (QED) is 0.676. The Morgan fingerprint density at radius 3 is 1.67 bits per heavy atom. The molecular formula is C11H25NO3. The van der Waals surface area contributed by atoms with Crippen molar-refractivity contribution in [3.8, 4) is 0 Å². The van der Waals surface area contributed by atoms with Gasteiger partial charge < -0.3 is 14.4 Å². The summed E-state index contributed by atoms with van der Waals surface area (Å²) in [6, 6.07) is 0. The predicted molar refractivity (Wildman–Crippen MR) is 62.0 cm³/mol. The third-order valence-electron chi connectivity index (χ3n) is 1.45. The smallest absolute Gasteiger partial charge is 0.209 e. The molecule has 1 fully saturated rings. The van der Waals surface area contributed by atoms with Crippen LogP contribution in [0.1, 0.15) is 26.7 Å². The van der Waals surface area contributed by atoms with Crippen LogP contribution in [-0.4, -0.2) is 51.8 Å². The van der Waals surface area contributed by atoms with E-state index in [-0.39, 0.29) is 0 Å². The third kappa shape index (κ3) is 24.7. The lowest BCUT2D eigenvalue weighted by atomic mass is 10.4. The van der Waals surface area contributed by atoms with E-state index in [0.717, 1.165) is 32.8 Å². The number of hydrogen-bond acceptors (Lipinski definition) is 3. The molecular weight excluding hydrogens is 194 g/mol.